The lowest BCUT2D eigenvalue weighted by atomic mass is 10.0. The second-order valence-corrected chi connectivity index (χ2v) is 8.41. The molecule has 138 valence electrons. The second kappa shape index (κ2) is 9.19. The van der Waals surface area contributed by atoms with Crippen molar-refractivity contribution in [3.8, 4) is 0 Å². The van der Waals surface area contributed by atoms with Gasteiger partial charge >= 0.3 is 0 Å². The second-order valence-electron chi connectivity index (χ2n) is 6.99. The number of carbonyl (C=O) groups excluding carboxylic acids is 1. The highest BCUT2D eigenvalue weighted by Gasteiger charge is 2.23. The predicted octanol–water partition coefficient (Wildman–Crippen LogP) is 3.65. The molecule has 0 spiro atoms. The number of hydrogen-bond acceptors (Lipinski definition) is 4. The maximum absolute atomic E-state index is 12.5. The van der Waals surface area contributed by atoms with Gasteiger partial charge in [-0.3, -0.25) is 14.7 Å². The van der Waals surface area contributed by atoms with E-state index in [1.54, 1.807) is 18.0 Å². The van der Waals surface area contributed by atoms with E-state index in [1.807, 2.05) is 19.2 Å². The zero-order valence-electron chi connectivity index (χ0n) is 15.5. The van der Waals surface area contributed by atoms with Crippen molar-refractivity contribution in [2.45, 2.75) is 49.4 Å². The van der Waals surface area contributed by atoms with Crippen molar-refractivity contribution in [3.05, 3.63) is 59.9 Å². The van der Waals surface area contributed by atoms with E-state index < -0.39 is 0 Å². The number of amides is 1. The SMILES string of the molecule is Cc1ccc(S[C@H](C)C(=O)NC2CCN(Cc3cccnc3)CC2)cc1. The molecule has 1 aliphatic rings. The Morgan fingerprint density at radius 2 is 2.00 bits per heavy atom. The van der Waals surface area contributed by atoms with E-state index in [4.69, 9.17) is 0 Å². The maximum atomic E-state index is 12.5. The van der Waals surface area contributed by atoms with E-state index >= 15 is 0 Å². The van der Waals surface area contributed by atoms with Gasteiger partial charge < -0.3 is 5.32 Å². The monoisotopic (exact) mass is 369 g/mol. The van der Waals surface area contributed by atoms with Gasteiger partial charge in [0.25, 0.3) is 0 Å². The van der Waals surface area contributed by atoms with Crippen LogP contribution in [0.15, 0.2) is 53.7 Å². The predicted molar refractivity (Wildman–Crippen MR) is 107 cm³/mol. The summed E-state index contributed by atoms with van der Waals surface area (Å²) in [7, 11) is 0. The summed E-state index contributed by atoms with van der Waals surface area (Å²) in [6, 6.07) is 12.7. The Morgan fingerprint density at radius 1 is 1.27 bits per heavy atom. The lowest BCUT2D eigenvalue weighted by Gasteiger charge is -2.32. The Kier molecular flexibility index (Phi) is 6.69. The Bertz CT molecular complexity index is 697. The summed E-state index contributed by atoms with van der Waals surface area (Å²) in [6.45, 7) is 7.02. The molecule has 3 rings (SSSR count). The van der Waals surface area contributed by atoms with Crippen LogP contribution >= 0.6 is 11.8 Å². The molecule has 0 unspecified atom stereocenters. The summed E-state index contributed by atoms with van der Waals surface area (Å²) in [5.41, 5.74) is 2.49. The lowest BCUT2D eigenvalue weighted by Crippen LogP contribution is -2.46. The minimum atomic E-state index is -0.0777. The molecule has 1 atom stereocenters. The van der Waals surface area contributed by atoms with Crippen LogP contribution in [0.5, 0.6) is 0 Å². The zero-order chi connectivity index (χ0) is 18.4. The van der Waals surface area contributed by atoms with Crippen molar-refractivity contribution in [1.29, 1.82) is 0 Å². The first-order valence-electron chi connectivity index (χ1n) is 9.25. The number of rotatable bonds is 6. The van der Waals surface area contributed by atoms with Gasteiger partial charge in [-0.05, 0) is 50.5 Å². The topological polar surface area (TPSA) is 45.2 Å². The van der Waals surface area contributed by atoms with Crippen molar-refractivity contribution in [2.24, 2.45) is 0 Å². The molecule has 1 aromatic carbocycles. The maximum Gasteiger partial charge on any atom is 0.233 e. The molecule has 1 N–H and O–H groups in total. The van der Waals surface area contributed by atoms with Crippen molar-refractivity contribution >= 4 is 17.7 Å². The van der Waals surface area contributed by atoms with Gasteiger partial charge in [-0.1, -0.05) is 23.8 Å². The molecule has 1 aromatic heterocycles. The first kappa shape index (κ1) is 18.9. The van der Waals surface area contributed by atoms with Crippen LogP contribution in [0.25, 0.3) is 0 Å². The number of nitrogens with zero attached hydrogens (tertiary/aromatic N) is 2. The number of aromatic nitrogens is 1. The van der Waals surface area contributed by atoms with Crippen molar-refractivity contribution < 1.29 is 4.79 Å². The number of pyridine rings is 1. The molecule has 5 heteroatoms. The first-order valence-corrected chi connectivity index (χ1v) is 10.1. The van der Waals surface area contributed by atoms with Crippen LogP contribution in [-0.2, 0) is 11.3 Å². The van der Waals surface area contributed by atoms with Crippen LogP contribution in [0, 0.1) is 6.92 Å². The van der Waals surface area contributed by atoms with Crippen molar-refractivity contribution in [1.82, 2.24) is 15.2 Å². The average molecular weight is 370 g/mol. The fourth-order valence-electron chi connectivity index (χ4n) is 3.18. The van der Waals surface area contributed by atoms with Crippen LogP contribution in [0.4, 0.5) is 0 Å². The van der Waals surface area contributed by atoms with Crippen LogP contribution in [0.2, 0.25) is 0 Å². The molecule has 0 aliphatic carbocycles. The van der Waals surface area contributed by atoms with Crippen molar-refractivity contribution in [3.63, 3.8) is 0 Å². The standard InChI is InChI=1S/C21H27N3OS/c1-16-5-7-20(8-6-16)26-17(2)21(25)23-19-9-12-24(13-10-19)15-18-4-3-11-22-14-18/h3-8,11,14,17,19H,9-10,12-13,15H2,1-2H3,(H,23,25)/t17-/m1/s1. The van der Waals surface area contributed by atoms with Crippen LogP contribution in [-0.4, -0.2) is 40.2 Å². The van der Waals surface area contributed by atoms with Gasteiger partial charge in [0.1, 0.15) is 0 Å². The molecule has 1 aliphatic heterocycles. The molecular formula is C21H27N3OS. The minimum Gasteiger partial charge on any atom is -0.352 e. The zero-order valence-corrected chi connectivity index (χ0v) is 16.3. The van der Waals surface area contributed by atoms with Crippen LogP contribution in [0.1, 0.15) is 30.9 Å². The van der Waals surface area contributed by atoms with E-state index in [-0.39, 0.29) is 17.2 Å². The fourth-order valence-corrected chi connectivity index (χ4v) is 4.05. The number of thioether (sulfide) groups is 1. The van der Waals surface area contributed by atoms with Gasteiger partial charge in [0.05, 0.1) is 5.25 Å². The highest BCUT2D eigenvalue weighted by Crippen LogP contribution is 2.24. The van der Waals surface area contributed by atoms with Gasteiger partial charge in [-0.25, -0.2) is 0 Å². The van der Waals surface area contributed by atoms with E-state index in [1.165, 1.54) is 11.1 Å². The summed E-state index contributed by atoms with van der Waals surface area (Å²) in [4.78, 5) is 20.3. The summed E-state index contributed by atoms with van der Waals surface area (Å²) in [5.74, 6) is 0.140. The fraction of sp³-hybridized carbons (Fsp3) is 0.429. The molecule has 2 heterocycles. The van der Waals surface area contributed by atoms with E-state index in [9.17, 15) is 4.79 Å². The van der Waals surface area contributed by atoms with Gasteiger partial charge in [0, 0.05) is 43.0 Å². The third kappa shape index (κ3) is 5.58. The molecule has 1 fully saturated rings. The van der Waals surface area contributed by atoms with E-state index in [0.717, 1.165) is 37.4 Å². The molecule has 0 radical (unpaired) electrons. The molecule has 4 nitrogen and oxygen atoms in total. The number of nitrogens with one attached hydrogen (secondary N) is 1. The third-order valence-corrected chi connectivity index (χ3v) is 5.88. The van der Waals surface area contributed by atoms with Crippen LogP contribution < -0.4 is 5.32 Å². The molecule has 1 amide bonds. The normalized spacial score (nSPS) is 17.0. The quantitative estimate of drug-likeness (QED) is 0.790. The number of aryl methyl sites for hydroxylation is 1. The minimum absolute atomic E-state index is 0.0777. The van der Waals surface area contributed by atoms with Gasteiger partial charge in [-0.2, -0.15) is 0 Å². The lowest BCUT2D eigenvalue weighted by molar-refractivity contribution is -0.121. The highest BCUT2D eigenvalue weighted by molar-refractivity contribution is 8.00. The first-order chi connectivity index (χ1) is 12.6. The molecular weight excluding hydrogens is 342 g/mol. The summed E-state index contributed by atoms with van der Waals surface area (Å²) < 4.78 is 0. The van der Waals surface area contributed by atoms with Gasteiger partial charge in [0.2, 0.25) is 5.91 Å². The third-order valence-electron chi connectivity index (χ3n) is 4.77. The smallest absolute Gasteiger partial charge is 0.233 e. The molecule has 1 saturated heterocycles. The summed E-state index contributed by atoms with van der Waals surface area (Å²) in [6.07, 6.45) is 5.75. The van der Waals surface area contributed by atoms with Crippen LogP contribution in [0.3, 0.4) is 0 Å². The summed E-state index contributed by atoms with van der Waals surface area (Å²) in [5, 5.41) is 3.16. The van der Waals surface area contributed by atoms with Crippen molar-refractivity contribution in [2.75, 3.05) is 13.1 Å². The molecule has 26 heavy (non-hydrogen) atoms. The largest absolute Gasteiger partial charge is 0.352 e. The molecule has 0 bridgehead atoms. The molecule has 0 saturated carbocycles. The number of benzene rings is 1. The van der Waals surface area contributed by atoms with E-state index in [0.29, 0.717) is 0 Å². The summed E-state index contributed by atoms with van der Waals surface area (Å²) >= 11 is 1.62. The Morgan fingerprint density at radius 3 is 2.65 bits per heavy atom. The Balaban J connectivity index is 1.42. The Hall–Kier alpha value is -1.85. The van der Waals surface area contributed by atoms with Gasteiger partial charge in [0.15, 0.2) is 0 Å². The Labute approximate surface area is 160 Å². The number of carbonyl (C=O) groups is 1. The van der Waals surface area contributed by atoms with Gasteiger partial charge in [-0.15, -0.1) is 11.8 Å². The number of hydrogen-bond donors (Lipinski definition) is 1. The molecule has 2 aromatic rings. The average Bonchev–Trinajstić information content (AvgIpc) is 2.66. The van der Waals surface area contributed by atoms with E-state index in [2.05, 4.69) is 52.5 Å². The highest BCUT2D eigenvalue weighted by atomic mass is 32.2. The number of piperidine rings is 1. The number of likely N-dealkylation sites (tertiary alicyclic amines) is 1.